The molecule has 0 spiro atoms. The Morgan fingerprint density at radius 2 is 1.50 bits per heavy atom. The van der Waals surface area contributed by atoms with Crippen molar-refractivity contribution in [2.45, 2.75) is 83.4 Å². The number of nitrogens with one attached hydrogen (secondary N) is 1. The zero-order valence-electron chi connectivity index (χ0n) is 24.6. The standard InChI is InChI=1S/C15H18O5.C14H32N2O4/c1-20-11-7-5-10(6-8-11)13(16)15(19)9-3-2-4-12(15)14(17)18;1-11(17)7-15(8-12(2)18)5-6-16(9-13(3)19)10-14(4)20/h5-8,12,19H,2-4,9H2,1H3,(H,17,18);11-14,17-20H,5-10H2,1-4H3. The quantitative estimate of drug-likeness (QED) is 0.133. The summed E-state index contributed by atoms with van der Waals surface area (Å²) in [6.45, 7) is 10.6. The van der Waals surface area contributed by atoms with Crippen molar-refractivity contribution in [3.05, 3.63) is 29.8 Å². The van der Waals surface area contributed by atoms with Gasteiger partial charge in [-0.15, -0.1) is 0 Å². The molecule has 0 aliphatic heterocycles. The van der Waals surface area contributed by atoms with Crippen LogP contribution in [0.4, 0.5) is 0 Å². The predicted octanol–water partition coefficient (Wildman–Crippen LogP) is -1.75. The first-order valence-electron chi connectivity index (χ1n) is 14.1. The minimum absolute atomic E-state index is 0.149. The Balaban J connectivity index is 0.000000400. The monoisotopic (exact) mass is 570 g/mol. The van der Waals surface area contributed by atoms with Crippen LogP contribution in [0, 0.1) is 5.92 Å². The van der Waals surface area contributed by atoms with Gasteiger partial charge in [0.15, 0.2) is 5.78 Å². The Hall–Kier alpha value is -2.12. The number of aliphatic hydroxyl groups is 5. The average Bonchev–Trinajstić information content (AvgIpc) is 2.86. The number of hydrogen-bond donors (Lipinski definition) is 6. The summed E-state index contributed by atoms with van der Waals surface area (Å²) in [6.07, 6.45) is 0.0175. The van der Waals surface area contributed by atoms with Gasteiger partial charge in [-0.3, -0.25) is 9.69 Å². The molecule has 1 aromatic rings. The second-order valence-electron chi connectivity index (χ2n) is 11.2. The van der Waals surface area contributed by atoms with Crippen LogP contribution in [-0.4, -0.2) is 119 Å². The molecule has 0 heterocycles. The maximum absolute atomic E-state index is 12.5. The molecule has 0 aromatic heterocycles. The highest BCUT2D eigenvalue weighted by molar-refractivity contribution is 6.04. The summed E-state index contributed by atoms with van der Waals surface area (Å²) in [5, 5.41) is 59.7. The number of carbonyl (C=O) groups excluding carboxylic acids is 2. The Morgan fingerprint density at radius 1 is 0.975 bits per heavy atom. The molecule has 11 nitrogen and oxygen atoms in total. The number of aliphatic hydroxyl groups excluding tert-OH is 4. The molecule has 1 aromatic carbocycles. The molecule has 230 valence electrons. The molecule has 40 heavy (non-hydrogen) atoms. The van der Waals surface area contributed by atoms with Gasteiger partial charge in [-0.1, -0.05) is 12.8 Å². The van der Waals surface area contributed by atoms with Crippen LogP contribution >= 0.6 is 0 Å². The molecule has 6 unspecified atom stereocenters. The number of hydrogen-bond acceptors (Lipinski definition) is 10. The summed E-state index contributed by atoms with van der Waals surface area (Å²) < 4.78 is 5.00. The molecular formula is C29H50N2O9. The van der Waals surface area contributed by atoms with Crippen LogP contribution in [0.15, 0.2) is 24.3 Å². The molecule has 0 bridgehead atoms. The normalized spacial score (nSPS) is 22.8. The van der Waals surface area contributed by atoms with E-state index in [-0.39, 0.29) is 18.4 Å². The largest absolute Gasteiger partial charge is 0.550 e. The van der Waals surface area contributed by atoms with E-state index in [1.165, 1.54) is 19.2 Å². The second-order valence-corrected chi connectivity index (χ2v) is 11.2. The van der Waals surface area contributed by atoms with Gasteiger partial charge < -0.3 is 45.1 Å². The number of benzene rings is 1. The highest BCUT2D eigenvalue weighted by Crippen LogP contribution is 2.36. The van der Waals surface area contributed by atoms with Crippen LogP contribution in [0.1, 0.15) is 63.7 Å². The van der Waals surface area contributed by atoms with Gasteiger partial charge in [0.2, 0.25) is 0 Å². The molecular weight excluding hydrogens is 520 g/mol. The lowest BCUT2D eigenvalue weighted by molar-refractivity contribution is -0.905. The van der Waals surface area contributed by atoms with Gasteiger partial charge >= 0.3 is 0 Å². The minimum Gasteiger partial charge on any atom is -0.550 e. The van der Waals surface area contributed by atoms with E-state index >= 15 is 0 Å². The second kappa shape index (κ2) is 17.6. The van der Waals surface area contributed by atoms with Crippen molar-refractivity contribution in [1.29, 1.82) is 0 Å². The fourth-order valence-corrected chi connectivity index (χ4v) is 5.18. The van der Waals surface area contributed by atoms with Crippen molar-refractivity contribution < 1.29 is 49.9 Å². The first-order chi connectivity index (χ1) is 18.7. The number of carbonyl (C=O) groups is 2. The number of aliphatic carboxylic acids is 1. The first kappa shape index (κ1) is 35.9. The third-order valence-corrected chi connectivity index (χ3v) is 6.90. The van der Waals surface area contributed by atoms with Crippen molar-refractivity contribution in [3.8, 4) is 5.75 Å². The highest BCUT2D eigenvalue weighted by Gasteiger charge is 2.46. The molecule has 0 amide bonds. The Labute approximate surface area is 238 Å². The Bertz CT molecular complexity index is 833. The maximum atomic E-state index is 12.5. The Kier molecular flexibility index (Phi) is 15.8. The molecule has 6 atom stereocenters. The summed E-state index contributed by atoms with van der Waals surface area (Å²) in [5.41, 5.74) is -1.59. The van der Waals surface area contributed by atoms with Gasteiger partial charge in [0, 0.05) is 37.1 Å². The zero-order chi connectivity index (χ0) is 30.5. The van der Waals surface area contributed by atoms with E-state index in [2.05, 4.69) is 0 Å². The molecule has 2 rings (SSSR count). The number of carboxylic acid groups (broad SMARTS) is 1. The molecule has 1 fully saturated rings. The van der Waals surface area contributed by atoms with E-state index in [9.17, 15) is 40.2 Å². The Morgan fingerprint density at radius 3 is 1.93 bits per heavy atom. The molecule has 0 saturated heterocycles. The predicted molar refractivity (Wildman–Crippen MR) is 148 cm³/mol. The van der Waals surface area contributed by atoms with Crippen molar-refractivity contribution in [2.24, 2.45) is 5.92 Å². The molecule has 0 radical (unpaired) electrons. The van der Waals surface area contributed by atoms with Crippen molar-refractivity contribution in [3.63, 3.8) is 0 Å². The van der Waals surface area contributed by atoms with Gasteiger partial charge in [-0.05, 0) is 64.8 Å². The lowest BCUT2D eigenvalue weighted by Crippen LogP contribution is -3.14. The number of methoxy groups -OCH3 is 1. The SMILES string of the molecule is CC(O)CN(CC[NH+](CC(C)O)CC(C)O)CC(C)O.COc1ccc(C(=O)C2(O)CCCCC2C(=O)[O-])cc1. The van der Waals surface area contributed by atoms with Crippen LogP contribution in [0.5, 0.6) is 5.75 Å². The van der Waals surface area contributed by atoms with Crippen molar-refractivity contribution in [1.82, 2.24) is 4.90 Å². The average molecular weight is 571 g/mol. The van der Waals surface area contributed by atoms with Crippen molar-refractivity contribution in [2.75, 3.05) is 46.4 Å². The van der Waals surface area contributed by atoms with E-state index in [1.807, 2.05) is 4.90 Å². The van der Waals surface area contributed by atoms with Gasteiger partial charge in [-0.2, -0.15) is 0 Å². The van der Waals surface area contributed by atoms with Crippen LogP contribution in [-0.2, 0) is 4.79 Å². The number of Topliss-reactive ketones (excluding diaryl/α,β-unsaturated/α-hetero) is 1. The van der Waals surface area contributed by atoms with E-state index in [4.69, 9.17) is 4.74 Å². The van der Waals surface area contributed by atoms with Crippen LogP contribution < -0.4 is 14.7 Å². The fourth-order valence-electron chi connectivity index (χ4n) is 5.18. The minimum atomic E-state index is -1.87. The number of nitrogens with zero attached hydrogens (tertiary/aromatic N) is 1. The molecule has 1 aliphatic rings. The van der Waals surface area contributed by atoms with Crippen LogP contribution in [0.2, 0.25) is 0 Å². The number of carboxylic acids is 1. The number of ketones is 1. The first-order valence-corrected chi connectivity index (χ1v) is 14.1. The van der Waals surface area contributed by atoms with Gasteiger partial charge in [-0.25, -0.2) is 0 Å². The summed E-state index contributed by atoms with van der Waals surface area (Å²) in [4.78, 5) is 26.8. The number of ether oxygens (including phenoxy) is 1. The fraction of sp³-hybridized carbons (Fsp3) is 0.724. The van der Waals surface area contributed by atoms with E-state index in [0.29, 0.717) is 51.3 Å². The molecule has 1 saturated carbocycles. The maximum Gasteiger partial charge on any atom is 0.195 e. The van der Waals surface area contributed by atoms with Crippen molar-refractivity contribution >= 4 is 11.8 Å². The van der Waals surface area contributed by atoms with Gasteiger partial charge in [0.05, 0.1) is 25.9 Å². The lowest BCUT2D eigenvalue weighted by Gasteiger charge is -2.39. The summed E-state index contributed by atoms with van der Waals surface area (Å²) in [7, 11) is 1.51. The summed E-state index contributed by atoms with van der Waals surface area (Å²) >= 11 is 0. The summed E-state index contributed by atoms with van der Waals surface area (Å²) in [5.74, 6) is -2.48. The third-order valence-electron chi connectivity index (χ3n) is 6.90. The topological polar surface area (TPSA) is 175 Å². The third kappa shape index (κ3) is 12.6. The molecule has 11 heteroatoms. The zero-order valence-corrected chi connectivity index (χ0v) is 24.6. The smallest absolute Gasteiger partial charge is 0.195 e. The van der Waals surface area contributed by atoms with Crippen LogP contribution in [0.25, 0.3) is 0 Å². The number of quaternary nitrogens is 1. The van der Waals surface area contributed by atoms with Gasteiger partial charge in [0.25, 0.3) is 0 Å². The van der Waals surface area contributed by atoms with E-state index < -0.39 is 47.7 Å². The van der Waals surface area contributed by atoms with Crippen LogP contribution in [0.3, 0.4) is 0 Å². The lowest BCUT2D eigenvalue weighted by atomic mass is 9.71. The van der Waals surface area contributed by atoms with E-state index in [0.717, 1.165) is 11.4 Å². The number of rotatable bonds is 15. The molecule has 6 N–H and O–H groups in total. The van der Waals surface area contributed by atoms with E-state index in [1.54, 1.807) is 39.8 Å². The summed E-state index contributed by atoms with van der Waals surface area (Å²) in [6, 6.07) is 6.26. The van der Waals surface area contributed by atoms with Gasteiger partial charge in [0.1, 0.15) is 36.6 Å². The highest BCUT2D eigenvalue weighted by atomic mass is 16.5. The molecule has 1 aliphatic carbocycles.